The van der Waals surface area contributed by atoms with E-state index >= 15 is 0 Å². The van der Waals surface area contributed by atoms with Gasteiger partial charge in [0.05, 0.1) is 13.2 Å². The van der Waals surface area contributed by atoms with Crippen LogP contribution < -0.4 is 0 Å². The van der Waals surface area contributed by atoms with Crippen LogP contribution in [0.4, 0.5) is 0 Å². The van der Waals surface area contributed by atoms with Crippen LogP contribution in [-0.2, 0) is 16.1 Å². The Kier molecular flexibility index (Phi) is 5.82. The van der Waals surface area contributed by atoms with Gasteiger partial charge in [0.15, 0.2) is 11.2 Å². The number of thioether (sulfide) groups is 1. The first kappa shape index (κ1) is 18.3. The van der Waals surface area contributed by atoms with E-state index in [-0.39, 0.29) is 11.2 Å². The molecule has 2 aromatic heterocycles. The number of carbonyl (C=O) groups is 1. The highest BCUT2D eigenvalue weighted by atomic mass is 32.2. The van der Waals surface area contributed by atoms with Gasteiger partial charge in [0, 0.05) is 0 Å². The predicted octanol–water partition coefficient (Wildman–Crippen LogP) is 3.01. The molecule has 0 bridgehead atoms. The van der Waals surface area contributed by atoms with Crippen molar-refractivity contribution in [1.29, 1.82) is 0 Å². The number of aromatic nitrogens is 5. The zero-order valence-electron chi connectivity index (χ0n) is 15.0. The van der Waals surface area contributed by atoms with Gasteiger partial charge in [-0.3, -0.25) is 4.79 Å². The van der Waals surface area contributed by atoms with Crippen LogP contribution in [0.3, 0.4) is 0 Å². The Labute approximate surface area is 156 Å². The summed E-state index contributed by atoms with van der Waals surface area (Å²) in [7, 11) is 0. The zero-order chi connectivity index (χ0) is 18.5. The lowest BCUT2D eigenvalue weighted by molar-refractivity contribution is -0.142. The maximum Gasteiger partial charge on any atom is 0.319 e. The van der Waals surface area contributed by atoms with Gasteiger partial charge in [0.1, 0.15) is 16.6 Å². The van der Waals surface area contributed by atoms with Crippen LogP contribution in [0.2, 0.25) is 0 Å². The molecule has 0 spiro atoms. The molecule has 0 fully saturated rings. The third kappa shape index (κ3) is 4.01. The van der Waals surface area contributed by atoms with E-state index in [1.54, 1.807) is 11.6 Å². The van der Waals surface area contributed by atoms with Crippen molar-refractivity contribution < 1.29 is 9.53 Å². The molecule has 3 rings (SSSR count). The predicted molar refractivity (Wildman–Crippen MR) is 100.0 cm³/mol. The van der Waals surface area contributed by atoms with Crippen molar-refractivity contribution in [1.82, 2.24) is 25.0 Å². The van der Waals surface area contributed by atoms with Crippen LogP contribution in [0.25, 0.3) is 11.2 Å². The molecule has 1 unspecified atom stereocenters. The number of fused-ring (bicyclic) bond motifs is 1. The molecule has 8 heteroatoms. The number of hydrogen-bond donors (Lipinski definition) is 0. The summed E-state index contributed by atoms with van der Waals surface area (Å²) in [6.07, 6.45) is 2.13. The summed E-state index contributed by atoms with van der Waals surface area (Å²) in [6, 6.07) is 8.26. The SMILES string of the molecule is CCOC(=O)C(CC)Sc1ncnc2c1nnn2Cc1ccc(C)cc1. The first-order valence-electron chi connectivity index (χ1n) is 8.55. The smallest absolute Gasteiger partial charge is 0.319 e. The summed E-state index contributed by atoms with van der Waals surface area (Å²) in [4.78, 5) is 20.7. The average Bonchev–Trinajstić information content (AvgIpc) is 3.05. The van der Waals surface area contributed by atoms with E-state index in [1.807, 2.05) is 6.92 Å². The van der Waals surface area contributed by atoms with Crippen molar-refractivity contribution in [2.24, 2.45) is 0 Å². The highest BCUT2D eigenvalue weighted by Gasteiger charge is 2.22. The van der Waals surface area contributed by atoms with E-state index in [2.05, 4.69) is 51.5 Å². The Morgan fingerprint density at radius 3 is 2.69 bits per heavy atom. The van der Waals surface area contributed by atoms with Gasteiger partial charge >= 0.3 is 5.97 Å². The van der Waals surface area contributed by atoms with E-state index in [1.165, 1.54) is 23.7 Å². The zero-order valence-corrected chi connectivity index (χ0v) is 15.9. The van der Waals surface area contributed by atoms with Crippen molar-refractivity contribution in [2.45, 2.75) is 44.0 Å². The number of nitrogens with zero attached hydrogens (tertiary/aromatic N) is 5. The van der Waals surface area contributed by atoms with Gasteiger partial charge < -0.3 is 4.74 Å². The Bertz CT molecular complexity index is 894. The van der Waals surface area contributed by atoms with E-state index in [9.17, 15) is 4.79 Å². The molecule has 1 aromatic carbocycles. The third-order valence-electron chi connectivity index (χ3n) is 3.89. The summed E-state index contributed by atoms with van der Waals surface area (Å²) in [6.45, 7) is 6.74. The Balaban J connectivity index is 1.86. The van der Waals surface area contributed by atoms with Gasteiger partial charge in [0.25, 0.3) is 0 Å². The summed E-state index contributed by atoms with van der Waals surface area (Å²) >= 11 is 1.35. The summed E-state index contributed by atoms with van der Waals surface area (Å²) in [5, 5.41) is 8.78. The molecule has 1 atom stereocenters. The fraction of sp³-hybridized carbons (Fsp3) is 0.389. The van der Waals surface area contributed by atoms with Gasteiger partial charge in [-0.25, -0.2) is 14.6 Å². The maximum atomic E-state index is 12.1. The average molecular weight is 371 g/mol. The molecule has 3 aromatic rings. The fourth-order valence-electron chi connectivity index (χ4n) is 2.50. The molecular weight excluding hydrogens is 350 g/mol. The lowest BCUT2D eigenvalue weighted by atomic mass is 10.1. The van der Waals surface area contributed by atoms with Gasteiger partial charge in [-0.2, -0.15) is 0 Å². The third-order valence-corrected chi connectivity index (χ3v) is 5.23. The molecule has 0 aliphatic carbocycles. The number of aryl methyl sites for hydroxylation is 1. The monoisotopic (exact) mass is 371 g/mol. The molecule has 26 heavy (non-hydrogen) atoms. The highest BCUT2D eigenvalue weighted by molar-refractivity contribution is 8.00. The van der Waals surface area contributed by atoms with Gasteiger partial charge in [-0.05, 0) is 25.8 Å². The summed E-state index contributed by atoms with van der Waals surface area (Å²) in [5.74, 6) is -0.237. The molecule has 0 radical (unpaired) electrons. The molecule has 0 aliphatic heterocycles. The Hall–Kier alpha value is -2.48. The first-order chi connectivity index (χ1) is 12.6. The van der Waals surface area contributed by atoms with E-state index < -0.39 is 0 Å². The van der Waals surface area contributed by atoms with Crippen LogP contribution in [0.5, 0.6) is 0 Å². The molecule has 0 saturated carbocycles. The van der Waals surface area contributed by atoms with Crippen molar-refractivity contribution in [3.63, 3.8) is 0 Å². The maximum absolute atomic E-state index is 12.1. The number of benzene rings is 1. The first-order valence-corrected chi connectivity index (χ1v) is 9.43. The van der Waals surface area contributed by atoms with Gasteiger partial charge in [0.2, 0.25) is 0 Å². The van der Waals surface area contributed by atoms with Crippen molar-refractivity contribution in [3.8, 4) is 0 Å². The highest BCUT2D eigenvalue weighted by Crippen LogP contribution is 2.29. The second-order valence-corrected chi connectivity index (χ2v) is 7.04. The molecule has 0 N–H and O–H groups in total. The molecule has 7 nitrogen and oxygen atoms in total. The van der Waals surface area contributed by atoms with Crippen molar-refractivity contribution >= 4 is 28.9 Å². The quantitative estimate of drug-likeness (QED) is 0.359. The Morgan fingerprint density at radius 2 is 2.00 bits per heavy atom. The van der Waals surface area contributed by atoms with E-state index in [0.29, 0.717) is 35.8 Å². The topological polar surface area (TPSA) is 82.8 Å². The minimum Gasteiger partial charge on any atom is -0.465 e. The standard InChI is InChI=1S/C18H21N5O2S/c1-4-14(18(24)25-5-2)26-17-15-16(19-11-20-17)23(22-21-15)10-13-8-6-12(3)7-9-13/h6-9,11,14H,4-5,10H2,1-3H3. The summed E-state index contributed by atoms with van der Waals surface area (Å²) in [5.41, 5.74) is 3.59. The van der Waals surface area contributed by atoms with Gasteiger partial charge in [-0.15, -0.1) is 5.10 Å². The Morgan fingerprint density at radius 1 is 1.23 bits per heavy atom. The number of hydrogen-bond acceptors (Lipinski definition) is 7. The number of esters is 1. The number of carbonyl (C=O) groups excluding carboxylic acids is 1. The minimum absolute atomic E-state index is 0.237. The van der Waals surface area contributed by atoms with Crippen molar-refractivity contribution in [3.05, 3.63) is 41.7 Å². The molecular formula is C18H21N5O2S. The largest absolute Gasteiger partial charge is 0.465 e. The summed E-state index contributed by atoms with van der Waals surface area (Å²) < 4.78 is 6.88. The minimum atomic E-state index is -0.324. The van der Waals surface area contributed by atoms with E-state index in [4.69, 9.17) is 4.74 Å². The van der Waals surface area contributed by atoms with Crippen molar-refractivity contribution in [2.75, 3.05) is 6.61 Å². The number of rotatable bonds is 7. The molecule has 2 heterocycles. The normalized spacial score (nSPS) is 12.3. The van der Waals surface area contributed by atoms with E-state index in [0.717, 1.165) is 5.56 Å². The second kappa shape index (κ2) is 8.27. The number of ether oxygens (including phenoxy) is 1. The van der Waals surface area contributed by atoms with Gasteiger partial charge in [-0.1, -0.05) is 53.7 Å². The van der Waals surface area contributed by atoms with Crippen LogP contribution in [-0.4, -0.2) is 42.8 Å². The fourth-order valence-corrected chi connectivity index (χ4v) is 3.45. The lowest BCUT2D eigenvalue weighted by Gasteiger charge is -2.12. The molecule has 0 amide bonds. The van der Waals surface area contributed by atoms with Crippen LogP contribution in [0, 0.1) is 6.92 Å². The molecule has 0 saturated heterocycles. The molecule has 136 valence electrons. The van der Waals surface area contributed by atoms with Crippen LogP contribution in [0.1, 0.15) is 31.4 Å². The van der Waals surface area contributed by atoms with Crippen LogP contribution in [0.15, 0.2) is 35.6 Å². The second-order valence-electron chi connectivity index (χ2n) is 5.85. The molecule has 0 aliphatic rings. The lowest BCUT2D eigenvalue weighted by Crippen LogP contribution is -2.19. The van der Waals surface area contributed by atoms with Crippen LogP contribution >= 0.6 is 11.8 Å².